The fourth-order valence-electron chi connectivity index (χ4n) is 2.28. The lowest BCUT2D eigenvalue weighted by Gasteiger charge is -2.19. The molecule has 2 rings (SSSR count). The molecule has 0 bridgehead atoms. The maximum atomic E-state index is 13.2. The van der Waals surface area contributed by atoms with E-state index in [1.165, 1.54) is 6.07 Å². The van der Waals surface area contributed by atoms with Gasteiger partial charge in [-0.25, -0.2) is 8.78 Å². The molecule has 0 aliphatic carbocycles. The quantitative estimate of drug-likeness (QED) is 0.853. The monoisotopic (exact) mass is 333 g/mol. The summed E-state index contributed by atoms with van der Waals surface area (Å²) in [5.41, 5.74) is 2.22. The molecule has 2 aromatic carbocycles. The third-order valence-electron chi connectivity index (χ3n) is 3.65. The average molecular weight is 333 g/mol. The van der Waals surface area contributed by atoms with Crippen molar-refractivity contribution in [2.24, 2.45) is 0 Å². The molecule has 1 unspecified atom stereocenters. The number of ether oxygens (including phenoxy) is 1. The zero-order valence-electron chi connectivity index (χ0n) is 14.2. The minimum absolute atomic E-state index is 0.183. The number of anilines is 1. The van der Waals surface area contributed by atoms with Crippen LogP contribution in [0.25, 0.3) is 0 Å². The van der Waals surface area contributed by atoms with Crippen LogP contribution in [0, 0.1) is 18.6 Å². The fourth-order valence-corrected chi connectivity index (χ4v) is 2.28. The molecule has 0 spiro atoms. The minimum Gasteiger partial charge on any atom is -0.481 e. The molecular weight excluding hydrogens is 312 g/mol. The molecule has 0 saturated carbocycles. The Balaban J connectivity index is 2.11. The molecule has 2 aromatic rings. The number of benzene rings is 2. The van der Waals surface area contributed by atoms with Gasteiger partial charge in [-0.1, -0.05) is 26.0 Å². The van der Waals surface area contributed by atoms with Crippen LogP contribution in [0.15, 0.2) is 36.4 Å². The molecule has 0 heterocycles. The maximum Gasteiger partial charge on any atom is 0.265 e. The van der Waals surface area contributed by atoms with Gasteiger partial charge < -0.3 is 10.1 Å². The van der Waals surface area contributed by atoms with Crippen LogP contribution in [-0.4, -0.2) is 12.0 Å². The first-order valence-electron chi connectivity index (χ1n) is 7.81. The van der Waals surface area contributed by atoms with E-state index in [1.807, 2.05) is 39.0 Å². The second kappa shape index (κ2) is 7.43. The van der Waals surface area contributed by atoms with Crippen LogP contribution in [0.5, 0.6) is 5.75 Å². The lowest BCUT2D eigenvalue weighted by atomic mass is 10.0. The van der Waals surface area contributed by atoms with Gasteiger partial charge in [0.25, 0.3) is 5.91 Å². The van der Waals surface area contributed by atoms with Crippen LogP contribution in [0.2, 0.25) is 0 Å². The summed E-state index contributed by atoms with van der Waals surface area (Å²) in [7, 11) is 0. The number of rotatable bonds is 5. The van der Waals surface area contributed by atoms with E-state index in [0.29, 0.717) is 5.75 Å². The van der Waals surface area contributed by atoms with Crippen LogP contribution < -0.4 is 10.1 Å². The number of hydrogen-bond donors (Lipinski definition) is 1. The summed E-state index contributed by atoms with van der Waals surface area (Å²) >= 11 is 0. The van der Waals surface area contributed by atoms with Crippen molar-refractivity contribution >= 4 is 11.6 Å². The largest absolute Gasteiger partial charge is 0.481 e. The number of aryl methyl sites for hydroxylation is 1. The lowest BCUT2D eigenvalue weighted by Crippen LogP contribution is -2.30. The number of halogens is 2. The smallest absolute Gasteiger partial charge is 0.265 e. The predicted molar refractivity (Wildman–Crippen MR) is 90.3 cm³/mol. The third kappa shape index (κ3) is 4.31. The highest BCUT2D eigenvalue weighted by Crippen LogP contribution is 2.28. The van der Waals surface area contributed by atoms with Crippen molar-refractivity contribution in [1.29, 1.82) is 0 Å². The van der Waals surface area contributed by atoms with Crippen LogP contribution in [0.4, 0.5) is 14.5 Å². The van der Waals surface area contributed by atoms with Crippen molar-refractivity contribution in [3.05, 3.63) is 59.2 Å². The Labute approximate surface area is 140 Å². The van der Waals surface area contributed by atoms with Gasteiger partial charge in [0, 0.05) is 11.8 Å². The van der Waals surface area contributed by atoms with Gasteiger partial charge in [0.15, 0.2) is 17.7 Å². The Hall–Kier alpha value is -2.43. The zero-order chi connectivity index (χ0) is 17.9. The molecule has 0 aliphatic rings. The first kappa shape index (κ1) is 17.9. The topological polar surface area (TPSA) is 38.3 Å². The number of carbonyl (C=O) groups excluding carboxylic acids is 1. The number of nitrogens with one attached hydrogen (secondary N) is 1. The van der Waals surface area contributed by atoms with Crippen LogP contribution in [0.3, 0.4) is 0 Å². The molecule has 0 aromatic heterocycles. The second-order valence-electron chi connectivity index (χ2n) is 6.07. The predicted octanol–water partition coefficient (Wildman–Crippen LogP) is 4.80. The van der Waals surface area contributed by atoms with Crippen molar-refractivity contribution in [3.63, 3.8) is 0 Å². The van der Waals surface area contributed by atoms with E-state index in [2.05, 4.69) is 5.32 Å². The summed E-state index contributed by atoms with van der Waals surface area (Å²) in [6, 6.07) is 9.06. The standard InChI is InChI=1S/C19H21F2NO2/c1-11(2)15-7-5-12(3)9-18(15)24-13(4)19(23)22-14-6-8-16(20)17(21)10-14/h5-11,13H,1-4H3,(H,22,23). The van der Waals surface area contributed by atoms with E-state index in [9.17, 15) is 13.6 Å². The van der Waals surface area contributed by atoms with E-state index in [0.717, 1.165) is 23.3 Å². The van der Waals surface area contributed by atoms with Gasteiger partial charge in [0.1, 0.15) is 5.75 Å². The van der Waals surface area contributed by atoms with Crippen molar-refractivity contribution in [1.82, 2.24) is 0 Å². The molecule has 3 nitrogen and oxygen atoms in total. The third-order valence-corrected chi connectivity index (χ3v) is 3.65. The van der Waals surface area contributed by atoms with Crippen molar-refractivity contribution in [2.75, 3.05) is 5.32 Å². The average Bonchev–Trinajstić information content (AvgIpc) is 2.50. The van der Waals surface area contributed by atoms with E-state index < -0.39 is 23.6 Å². The van der Waals surface area contributed by atoms with Gasteiger partial charge >= 0.3 is 0 Å². The molecule has 0 aliphatic heterocycles. The molecular formula is C19H21F2NO2. The zero-order valence-corrected chi connectivity index (χ0v) is 14.2. The van der Waals surface area contributed by atoms with Gasteiger partial charge in [-0.3, -0.25) is 4.79 Å². The molecule has 0 radical (unpaired) electrons. The van der Waals surface area contributed by atoms with Crippen LogP contribution in [0.1, 0.15) is 37.8 Å². The summed E-state index contributed by atoms with van der Waals surface area (Å²) in [4.78, 5) is 12.2. The Bertz CT molecular complexity index is 744. The van der Waals surface area contributed by atoms with Crippen molar-refractivity contribution in [2.45, 2.75) is 39.7 Å². The van der Waals surface area contributed by atoms with E-state index >= 15 is 0 Å². The number of carbonyl (C=O) groups is 1. The first-order valence-corrected chi connectivity index (χ1v) is 7.81. The van der Waals surface area contributed by atoms with Crippen LogP contribution in [-0.2, 0) is 4.79 Å². The molecule has 1 amide bonds. The molecule has 128 valence electrons. The Kier molecular flexibility index (Phi) is 5.54. The van der Waals surface area contributed by atoms with E-state index in [4.69, 9.17) is 4.74 Å². The molecule has 5 heteroatoms. The molecule has 24 heavy (non-hydrogen) atoms. The molecule has 1 N–H and O–H groups in total. The number of hydrogen-bond acceptors (Lipinski definition) is 2. The van der Waals surface area contributed by atoms with E-state index in [-0.39, 0.29) is 11.6 Å². The first-order chi connectivity index (χ1) is 11.3. The fraction of sp³-hybridized carbons (Fsp3) is 0.316. The highest BCUT2D eigenvalue weighted by Gasteiger charge is 2.18. The van der Waals surface area contributed by atoms with Crippen LogP contribution >= 0.6 is 0 Å². The normalized spacial score (nSPS) is 12.1. The lowest BCUT2D eigenvalue weighted by molar-refractivity contribution is -0.122. The number of amides is 1. The summed E-state index contributed by atoms with van der Waals surface area (Å²) < 4.78 is 31.9. The SMILES string of the molecule is Cc1ccc(C(C)C)c(OC(C)C(=O)Nc2ccc(F)c(F)c2)c1. The minimum atomic E-state index is -1.01. The highest BCUT2D eigenvalue weighted by molar-refractivity contribution is 5.94. The summed E-state index contributed by atoms with van der Waals surface area (Å²) in [5, 5.41) is 2.52. The molecule has 1 atom stereocenters. The van der Waals surface area contributed by atoms with E-state index in [1.54, 1.807) is 6.92 Å². The Morgan fingerprint density at radius 3 is 2.38 bits per heavy atom. The van der Waals surface area contributed by atoms with Gasteiger partial charge in [-0.2, -0.15) is 0 Å². The highest BCUT2D eigenvalue weighted by atomic mass is 19.2. The van der Waals surface area contributed by atoms with Gasteiger partial charge in [0.2, 0.25) is 0 Å². The summed E-state index contributed by atoms with van der Waals surface area (Å²) in [5.74, 6) is -1.50. The van der Waals surface area contributed by atoms with Gasteiger partial charge in [-0.15, -0.1) is 0 Å². The summed E-state index contributed by atoms with van der Waals surface area (Å²) in [6.45, 7) is 7.65. The van der Waals surface area contributed by atoms with Crippen molar-refractivity contribution in [3.8, 4) is 5.75 Å². The maximum absolute atomic E-state index is 13.2. The van der Waals surface area contributed by atoms with Crippen molar-refractivity contribution < 1.29 is 18.3 Å². The Morgan fingerprint density at radius 1 is 1.04 bits per heavy atom. The summed E-state index contributed by atoms with van der Waals surface area (Å²) in [6.07, 6.45) is -0.780. The second-order valence-corrected chi connectivity index (χ2v) is 6.07. The molecule has 0 saturated heterocycles. The van der Waals surface area contributed by atoms with Gasteiger partial charge in [0.05, 0.1) is 0 Å². The Morgan fingerprint density at radius 2 is 1.75 bits per heavy atom. The van der Waals surface area contributed by atoms with Gasteiger partial charge in [-0.05, 0) is 49.1 Å². The molecule has 0 fully saturated rings.